The lowest BCUT2D eigenvalue weighted by Crippen LogP contribution is -2.24. The molecule has 0 aliphatic heterocycles. The van der Waals surface area contributed by atoms with Crippen LogP contribution in [0.1, 0.15) is 21.5 Å². The Balaban J connectivity index is 1.97. The first-order valence-electron chi connectivity index (χ1n) is 8.86. The number of pyridine rings is 1. The molecule has 0 spiro atoms. The Bertz CT molecular complexity index is 929. The summed E-state index contributed by atoms with van der Waals surface area (Å²) < 4.78 is 11.1. The zero-order valence-electron chi connectivity index (χ0n) is 16.1. The minimum atomic E-state index is 0.306. The number of benzene rings is 2. The van der Waals surface area contributed by atoms with Gasteiger partial charge in [0.2, 0.25) is 0 Å². The molecule has 3 rings (SSSR count). The van der Waals surface area contributed by atoms with Crippen molar-refractivity contribution in [3.8, 4) is 11.5 Å². The molecule has 0 radical (unpaired) electrons. The molecule has 0 atom stereocenters. The quantitative estimate of drug-likeness (QED) is 0.316. The number of aldehydes is 1. The number of nitrogens with zero attached hydrogens (tertiary/aromatic N) is 2. The largest absolute Gasteiger partial charge is 0.497 e. The summed E-state index contributed by atoms with van der Waals surface area (Å²) in [6.07, 6.45) is 0.790. The van der Waals surface area contributed by atoms with E-state index in [1.165, 1.54) is 0 Å². The zero-order chi connectivity index (χ0) is 20.8. The van der Waals surface area contributed by atoms with E-state index in [0.717, 1.165) is 28.9 Å². The molecular formula is C22H20BrClN2O3. The van der Waals surface area contributed by atoms with Gasteiger partial charge < -0.3 is 14.4 Å². The Morgan fingerprint density at radius 1 is 0.966 bits per heavy atom. The zero-order valence-corrected chi connectivity index (χ0v) is 18.4. The van der Waals surface area contributed by atoms with Gasteiger partial charge in [0.25, 0.3) is 0 Å². The summed E-state index contributed by atoms with van der Waals surface area (Å²) in [5, 5.41) is 0.306. The predicted molar refractivity (Wildman–Crippen MR) is 118 cm³/mol. The Labute approximate surface area is 183 Å². The summed E-state index contributed by atoms with van der Waals surface area (Å²) in [7, 11) is 3.27. The van der Waals surface area contributed by atoms with Gasteiger partial charge in [-0.3, -0.25) is 4.79 Å². The fraction of sp³-hybridized carbons (Fsp3) is 0.182. The van der Waals surface area contributed by atoms with Crippen molar-refractivity contribution < 1.29 is 14.3 Å². The van der Waals surface area contributed by atoms with E-state index in [-0.39, 0.29) is 0 Å². The van der Waals surface area contributed by atoms with Crippen molar-refractivity contribution >= 4 is 39.6 Å². The Hall–Kier alpha value is -2.57. The number of carbonyl (C=O) groups is 1. The van der Waals surface area contributed by atoms with Crippen LogP contribution in [0.2, 0.25) is 5.15 Å². The number of hydrogen-bond donors (Lipinski definition) is 0. The number of anilines is 1. The predicted octanol–water partition coefficient (Wildman–Crippen LogP) is 5.53. The SMILES string of the molecule is COc1ccc(CN(Cc2ccc(OC)cc2)c2nc(Cl)c(Br)cc2C=O)cc1. The number of carbonyl (C=O) groups excluding carboxylic acids is 1. The second-order valence-electron chi connectivity index (χ2n) is 6.34. The van der Waals surface area contributed by atoms with Gasteiger partial charge in [0.1, 0.15) is 22.5 Å². The molecule has 0 N–H and O–H groups in total. The second-order valence-corrected chi connectivity index (χ2v) is 7.56. The highest BCUT2D eigenvalue weighted by atomic mass is 79.9. The highest BCUT2D eigenvalue weighted by molar-refractivity contribution is 9.10. The van der Waals surface area contributed by atoms with Crippen LogP contribution in [0.15, 0.2) is 59.1 Å². The van der Waals surface area contributed by atoms with Gasteiger partial charge in [-0.1, -0.05) is 35.9 Å². The average molecular weight is 476 g/mol. The van der Waals surface area contributed by atoms with E-state index in [4.69, 9.17) is 21.1 Å². The lowest BCUT2D eigenvalue weighted by molar-refractivity contribution is 0.112. The first kappa shape index (κ1) is 21.1. The Morgan fingerprint density at radius 2 is 1.45 bits per heavy atom. The summed E-state index contributed by atoms with van der Waals surface area (Å²) in [5.74, 6) is 2.10. The molecule has 5 nitrogen and oxygen atoms in total. The molecule has 0 saturated heterocycles. The van der Waals surface area contributed by atoms with Gasteiger partial charge in [-0.25, -0.2) is 4.98 Å². The van der Waals surface area contributed by atoms with Gasteiger partial charge in [-0.05, 0) is 57.4 Å². The smallest absolute Gasteiger partial charge is 0.153 e. The molecule has 0 bridgehead atoms. The monoisotopic (exact) mass is 474 g/mol. The fourth-order valence-electron chi connectivity index (χ4n) is 2.92. The highest BCUT2D eigenvalue weighted by Gasteiger charge is 2.17. The number of rotatable bonds is 8. The Kier molecular flexibility index (Phi) is 7.12. The molecule has 0 aliphatic carbocycles. The van der Waals surface area contributed by atoms with Crippen molar-refractivity contribution in [2.24, 2.45) is 0 Å². The topological polar surface area (TPSA) is 51.7 Å². The minimum Gasteiger partial charge on any atom is -0.497 e. The summed E-state index contributed by atoms with van der Waals surface area (Å²) in [6.45, 7) is 1.09. The van der Waals surface area contributed by atoms with Gasteiger partial charge in [0.15, 0.2) is 6.29 Å². The second kappa shape index (κ2) is 9.76. The van der Waals surface area contributed by atoms with Crippen LogP contribution in [0, 0.1) is 0 Å². The standard InChI is InChI=1S/C22H20BrClN2O3/c1-28-18-7-3-15(4-8-18)12-26(13-16-5-9-19(29-2)10-6-16)22-17(14-27)11-20(23)21(24)25-22/h3-11,14H,12-13H2,1-2H3. The summed E-state index contributed by atoms with van der Waals surface area (Å²) in [5.41, 5.74) is 2.57. The van der Waals surface area contributed by atoms with Crippen LogP contribution in [0.25, 0.3) is 0 Å². The number of halogens is 2. The molecule has 2 aromatic carbocycles. The molecule has 0 aliphatic rings. The molecule has 3 aromatic rings. The van der Waals surface area contributed by atoms with E-state index in [0.29, 0.717) is 34.1 Å². The third-order valence-electron chi connectivity index (χ3n) is 4.43. The molecule has 1 heterocycles. The molecule has 1 aromatic heterocycles. The average Bonchev–Trinajstić information content (AvgIpc) is 2.76. The van der Waals surface area contributed by atoms with Gasteiger partial charge in [0.05, 0.1) is 24.3 Å². The van der Waals surface area contributed by atoms with Crippen LogP contribution in [0.4, 0.5) is 5.82 Å². The van der Waals surface area contributed by atoms with E-state index >= 15 is 0 Å². The number of methoxy groups -OCH3 is 2. The third-order valence-corrected chi connectivity index (χ3v) is 5.55. The van der Waals surface area contributed by atoms with E-state index in [2.05, 4.69) is 20.9 Å². The lowest BCUT2D eigenvalue weighted by Gasteiger charge is -2.26. The summed E-state index contributed by atoms with van der Waals surface area (Å²) >= 11 is 9.57. The lowest BCUT2D eigenvalue weighted by atomic mass is 10.1. The maximum Gasteiger partial charge on any atom is 0.153 e. The normalized spacial score (nSPS) is 10.5. The van der Waals surface area contributed by atoms with Crippen molar-refractivity contribution in [2.75, 3.05) is 19.1 Å². The fourth-order valence-corrected chi connectivity index (χ4v) is 3.39. The molecule has 0 unspecified atom stereocenters. The van der Waals surface area contributed by atoms with Crippen molar-refractivity contribution in [3.63, 3.8) is 0 Å². The van der Waals surface area contributed by atoms with Crippen molar-refractivity contribution in [1.29, 1.82) is 0 Å². The van der Waals surface area contributed by atoms with Crippen LogP contribution in [-0.4, -0.2) is 25.5 Å². The van der Waals surface area contributed by atoms with Crippen molar-refractivity contribution in [1.82, 2.24) is 4.98 Å². The van der Waals surface area contributed by atoms with E-state index in [9.17, 15) is 4.79 Å². The molecular weight excluding hydrogens is 456 g/mol. The molecule has 29 heavy (non-hydrogen) atoms. The van der Waals surface area contributed by atoms with Crippen LogP contribution in [-0.2, 0) is 13.1 Å². The Morgan fingerprint density at radius 3 is 1.86 bits per heavy atom. The first-order valence-corrected chi connectivity index (χ1v) is 10.0. The maximum atomic E-state index is 11.7. The minimum absolute atomic E-state index is 0.306. The van der Waals surface area contributed by atoms with Crippen LogP contribution < -0.4 is 14.4 Å². The number of ether oxygens (including phenoxy) is 2. The molecule has 0 fully saturated rings. The van der Waals surface area contributed by atoms with Gasteiger partial charge in [-0.15, -0.1) is 0 Å². The van der Waals surface area contributed by atoms with Crippen LogP contribution in [0.3, 0.4) is 0 Å². The van der Waals surface area contributed by atoms with Gasteiger partial charge in [-0.2, -0.15) is 0 Å². The number of aromatic nitrogens is 1. The van der Waals surface area contributed by atoms with Crippen molar-refractivity contribution in [2.45, 2.75) is 13.1 Å². The van der Waals surface area contributed by atoms with E-state index in [1.54, 1.807) is 20.3 Å². The highest BCUT2D eigenvalue weighted by Crippen LogP contribution is 2.29. The molecule has 0 saturated carbocycles. The number of hydrogen-bond acceptors (Lipinski definition) is 5. The molecule has 150 valence electrons. The third kappa shape index (κ3) is 5.28. The first-order chi connectivity index (χ1) is 14.0. The van der Waals surface area contributed by atoms with Gasteiger partial charge in [0, 0.05) is 13.1 Å². The molecule has 0 amide bonds. The van der Waals surface area contributed by atoms with E-state index < -0.39 is 0 Å². The van der Waals surface area contributed by atoms with Crippen molar-refractivity contribution in [3.05, 3.63) is 80.9 Å². The van der Waals surface area contributed by atoms with Crippen LogP contribution in [0.5, 0.6) is 11.5 Å². The van der Waals surface area contributed by atoms with E-state index in [1.807, 2.05) is 53.4 Å². The maximum absolute atomic E-state index is 11.7. The summed E-state index contributed by atoms with van der Waals surface area (Å²) in [6, 6.07) is 17.3. The van der Waals surface area contributed by atoms with Crippen LogP contribution >= 0.6 is 27.5 Å². The van der Waals surface area contributed by atoms with Gasteiger partial charge >= 0.3 is 0 Å². The summed E-state index contributed by atoms with van der Waals surface area (Å²) in [4.78, 5) is 18.2. The molecule has 7 heteroatoms.